The van der Waals surface area contributed by atoms with Crippen LogP contribution < -0.4 is 0 Å². The minimum atomic E-state index is 0. The molecule has 0 bridgehead atoms. The molecule has 0 N–H and O–H groups in total. The molecule has 276 valence electrons. The molecule has 6 rings (SSSR count). The second-order valence-electron chi connectivity index (χ2n) is 7.01. The third-order valence-corrected chi connectivity index (χ3v) is 5.28. The smallest absolute Gasteiger partial charge is 0.760 e. The molecule has 6 aromatic heterocycles. The van der Waals surface area contributed by atoms with E-state index in [0.29, 0.717) is 30.2 Å². The fraction of sp³-hybridized carbons (Fsp3) is 0. The molecule has 0 aliphatic heterocycles. The summed E-state index contributed by atoms with van der Waals surface area (Å²) in [4.78, 5) is 22.8. The molecule has 0 atom stereocenters. The molecule has 6 aromatic rings. The molecule has 6 nitrogen and oxygen atoms in total. The Morgan fingerprint density at radius 3 is 0.396 bits per heavy atom. The van der Waals surface area contributed by atoms with Gasteiger partial charge < -0.3 is 75.8 Å². The second-order valence-corrected chi connectivity index (χ2v) is 9.52. The number of rotatable bonds is 0. The quantitative estimate of drug-likeness (QED) is 0.134. The Balaban J connectivity index is -0.000000108. The molecule has 0 aromatic carbocycles. The summed E-state index contributed by atoms with van der Waals surface area (Å²) in [6.07, 6.45) is 10.1. The van der Waals surface area contributed by atoms with Gasteiger partial charge in [0.05, 0.1) is 0 Å². The summed E-state index contributed by atoms with van der Waals surface area (Å²) in [5.74, 6) is 0. The number of nitrogens with zero attached hydrogens (tertiary/aromatic N) is 6. The minimum absolute atomic E-state index is 0. The fourth-order valence-corrected chi connectivity index (χ4v) is 2.92. The largest absolute Gasteiger partial charge is 1.00 e. The number of hydrogen-bond acceptors (Lipinski definition) is 12. The van der Waals surface area contributed by atoms with Gasteiger partial charge in [0.1, 0.15) is 0 Å². The zero-order valence-corrected chi connectivity index (χ0v) is 37.6. The first kappa shape index (κ1) is 60.7. The Labute approximate surface area is 410 Å². The molecule has 0 fully saturated rings. The Bertz CT molecular complexity index is 1140. The summed E-state index contributed by atoms with van der Waals surface area (Å²) in [5, 5.41) is 3.93. The van der Waals surface area contributed by atoms with E-state index in [1.807, 2.05) is 72.8 Å². The van der Waals surface area contributed by atoms with Gasteiger partial charge in [-0.2, -0.15) is 0 Å². The van der Waals surface area contributed by atoms with Crippen molar-refractivity contribution in [2.75, 3.05) is 0 Å². The molecule has 0 aliphatic carbocycles. The monoisotopic (exact) mass is 1300 g/mol. The minimum Gasteiger partial charge on any atom is -0.760 e. The van der Waals surface area contributed by atoms with Crippen molar-refractivity contribution in [2.45, 2.75) is 30.2 Å². The van der Waals surface area contributed by atoms with Crippen molar-refractivity contribution < 1.29 is 134 Å². The third-order valence-electron chi connectivity index (χ3n) is 3.83. The molecule has 0 aliphatic rings. The average molecular weight is 1310 g/mol. The van der Waals surface area contributed by atoms with Crippen LogP contribution in [0.2, 0.25) is 0 Å². The summed E-state index contributed by atoms with van der Waals surface area (Å²) in [5.41, 5.74) is 0. The summed E-state index contributed by atoms with van der Waals surface area (Å²) in [6, 6.07) is 33.0. The molecule has 0 unspecified atom stereocenters. The molecule has 0 spiro atoms. The standard InChI is InChI=1S/6C5H5NS.6Ag/c6*7-5-3-1-2-4-6-5;;;;;;/h6*1-4H,(H,6,7);;;;;;/q;;;;;;6*+1/p-6. The van der Waals surface area contributed by atoms with E-state index in [1.165, 1.54) is 0 Å². The van der Waals surface area contributed by atoms with Crippen molar-refractivity contribution in [2.24, 2.45) is 0 Å². The van der Waals surface area contributed by atoms with Crippen molar-refractivity contribution in [3.63, 3.8) is 0 Å². The van der Waals surface area contributed by atoms with E-state index in [0.717, 1.165) is 0 Å². The first-order valence-corrected chi connectivity index (χ1v) is 14.3. The summed E-state index contributed by atoms with van der Waals surface area (Å²) in [7, 11) is 0. The molecule has 0 amide bonds. The Morgan fingerprint density at radius 1 is 0.229 bits per heavy atom. The zero-order chi connectivity index (χ0) is 30.7. The maximum absolute atomic E-state index is 4.70. The summed E-state index contributed by atoms with van der Waals surface area (Å²) in [6.45, 7) is 0. The first-order chi connectivity index (χ1) is 20.4. The van der Waals surface area contributed by atoms with Crippen LogP contribution in [-0.4, -0.2) is 29.9 Å². The van der Waals surface area contributed by atoms with E-state index in [2.05, 4.69) is 29.9 Å². The van der Waals surface area contributed by atoms with Crippen LogP contribution in [0.4, 0.5) is 0 Å². The van der Waals surface area contributed by atoms with E-state index in [1.54, 1.807) is 73.6 Å². The average Bonchev–Trinajstić information content (AvgIpc) is 3.01. The topological polar surface area (TPSA) is 77.3 Å². The normalized spacial score (nSPS) is 7.50. The molecular formula is C30H24Ag6N6S6. The molecule has 0 radical (unpaired) electrons. The third kappa shape index (κ3) is 41.1. The van der Waals surface area contributed by atoms with Crippen molar-refractivity contribution in [3.05, 3.63) is 146 Å². The number of aromatic nitrogens is 6. The van der Waals surface area contributed by atoms with E-state index in [9.17, 15) is 0 Å². The molecule has 0 saturated carbocycles. The van der Waals surface area contributed by atoms with Gasteiger partial charge in [0.25, 0.3) is 0 Å². The molecular weight excluding hydrogens is 1280 g/mol. The molecule has 6 heterocycles. The maximum atomic E-state index is 4.70. The van der Waals surface area contributed by atoms with Gasteiger partial charge in [-0.05, 0) is 36.4 Å². The maximum Gasteiger partial charge on any atom is 1.00 e. The Hall–Kier alpha value is 0.662. The van der Waals surface area contributed by atoms with Gasteiger partial charge in [-0.3, -0.25) is 29.9 Å². The van der Waals surface area contributed by atoms with Crippen LogP contribution in [0.1, 0.15) is 0 Å². The predicted octanol–water partition coefficient (Wildman–Crippen LogP) is 5.91. The SMILES string of the molecule is [Ag+].[Ag+].[Ag+].[Ag+].[Ag+].[Ag+].[S-]c1ccccn1.[S-]c1ccccn1.[S-]c1ccccn1.[S-]c1ccccn1.[S-]c1ccccn1.[S-]c1ccccn1. The zero-order valence-electron chi connectivity index (χ0n) is 23.8. The van der Waals surface area contributed by atoms with Gasteiger partial charge in [-0.15, -0.1) is 0 Å². The predicted molar refractivity (Wildman–Crippen MR) is 179 cm³/mol. The first-order valence-electron chi connectivity index (χ1n) is 11.8. The Morgan fingerprint density at radius 2 is 0.354 bits per heavy atom. The number of hydrogen-bond donors (Lipinski definition) is 0. The van der Waals surface area contributed by atoms with Gasteiger partial charge in [-0.1, -0.05) is 103 Å². The summed E-state index contributed by atoms with van der Waals surface area (Å²) >= 11 is 28.2. The van der Waals surface area contributed by atoms with Crippen LogP contribution >= 0.6 is 0 Å². The van der Waals surface area contributed by atoms with Crippen LogP contribution in [0.5, 0.6) is 0 Å². The summed E-state index contributed by atoms with van der Waals surface area (Å²) < 4.78 is 0. The van der Waals surface area contributed by atoms with Gasteiger partial charge in [-0.25, -0.2) is 0 Å². The van der Waals surface area contributed by atoms with E-state index in [-0.39, 0.29) is 134 Å². The van der Waals surface area contributed by atoms with Crippen LogP contribution in [0.25, 0.3) is 0 Å². The van der Waals surface area contributed by atoms with Crippen LogP contribution in [0.15, 0.2) is 177 Å². The van der Waals surface area contributed by atoms with Gasteiger partial charge in [0.15, 0.2) is 0 Å². The van der Waals surface area contributed by atoms with Crippen LogP contribution in [0.3, 0.4) is 0 Å². The van der Waals surface area contributed by atoms with Gasteiger partial charge >= 0.3 is 134 Å². The molecule has 18 heteroatoms. The van der Waals surface area contributed by atoms with Crippen LogP contribution in [0, 0.1) is 0 Å². The molecule has 0 saturated heterocycles. The Kier molecular flexibility index (Phi) is 55.5. The van der Waals surface area contributed by atoms with Crippen molar-refractivity contribution >= 4 is 75.8 Å². The second kappa shape index (κ2) is 43.8. The van der Waals surface area contributed by atoms with Gasteiger partial charge in [0.2, 0.25) is 0 Å². The van der Waals surface area contributed by atoms with Gasteiger partial charge in [0, 0.05) is 37.2 Å². The van der Waals surface area contributed by atoms with E-state index >= 15 is 0 Å². The van der Waals surface area contributed by atoms with Crippen LogP contribution in [-0.2, 0) is 210 Å². The van der Waals surface area contributed by atoms with Crippen molar-refractivity contribution in [1.82, 2.24) is 29.9 Å². The van der Waals surface area contributed by atoms with E-state index in [4.69, 9.17) is 75.8 Å². The number of pyridine rings is 6. The fourth-order valence-electron chi connectivity index (χ4n) is 2.08. The van der Waals surface area contributed by atoms with E-state index < -0.39 is 0 Å². The van der Waals surface area contributed by atoms with Crippen molar-refractivity contribution in [1.29, 1.82) is 0 Å². The van der Waals surface area contributed by atoms with Crippen molar-refractivity contribution in [3.8, 4) is 0 Å². The molecule has 48 heavy (non-hydrogen) atoms.